The Hall–Kier alpha value is -2.90. The Bertz CT molecular complexity index is 1150. The van der Waals surface area contributed by atoms with Crippen LogP contribution in [0.2, 0.25) is 0 Å². The van der Waals surface area contributed by atoms with Crippen molar-refractivity contribution in [2.75, 3.05) is 0 Å². The van der Waals surface area contributed by atoms with Crippen LogP contribution in [0.25, 0.3) is 21.6 Å². The molecule has 4 aromatic rings. The Morgan fingerprint density at radius 3 is 2.70 bits per heavy atom. The number of aromatic nitrogens is 4. The van der Waals surface area contributed by atoms with Gasteiger partial charge in [0.2, 0.25) is 0 Å². The van der Waals surface area contributed by atoms with Crippen molar-refractivity contribution >= 4 is 21.6 Å². The summed E-state index contributed by atoms with van der Waals surface area (Å²) in [4.78, 5) is 17.5. The molecule has 0 saturated heterocycles. The van der Waals surface area contributed by atoms with E-state index in [4.69, 9.17) is 9.72 Å². The predicted octanol–water partition coefficient (Wildman–Crippen LogP) is 5.03. The molecule has 152 valence electrons. The predicted molar refractivity (Wildman–Crippen MR) is 117 cm³/mol. The molecular formula is C23H22N4O2S. The molecule has 6 nitrogen and oxygen atoms in total. The van der Waals surface area contributed by atoms with Crippen LogP contribution in [0.3, 0.4) is 0 Å². The van der Waals surface area contributed by atoms with Crippen LogP contribution >= 0.6 is 11.3 Å². The standard InChI is InChI=1S/C23H22N4O2S/c28-21-4-2-1-3-15(21)11-23-27-18-6-5-16(13-22(18)30-23)29-17-7-8-25-19(12-17)20-14-24-9-10-26-20/h5-10,12-15,21,28H,1-4,11H2/t15-,21+/m0/s1. The molecule has 2 atom stereocenters. The second-order valence-corrected chi connectivity index (χ2v) is 8.74. The highest BCUT2D eigenvalue weighted by atomic mass is 32.1. The normalized spacial score (nSPS) is 19.1. The van der Waals surface area contributed by atoms with Gasteiger partial charge in [0.05, 0.1) is 33.2 Å². The van der Waals surface area contributed by atoms with Crippen LogP contribution in [-0.2, 0) is 6.42 Å². The van der Waals surface area contributed by atoms with E-state index in [0.29, 0.717) is 23.1 Å². The van der Waals surface area contributed by atoms with Crippen molar-refractivity contribution in [2.45, 2.75) is 38.2 Å². The van der Waals surface area contributed by atoms with Gasteiger partial charge in [0.1, 0.15) is 17.2 Å². The number of hydrogen-bond donors (Lipinski definition) is 1. The Balaban J connectivity index is 1.34. The molecule has 1 aliphatic carbocycles. The first kappa shape index (κ1) is 19.1. The minimum Gasteiger partial charge on any atom is -0.457 e. The Morgan fingerprint density at radius 1 is 0.967 bits per heavy atom. The number of fused-ring (bicyclic) bond motifs is 1. The van der Waals surface area contributed by atoms with Crippen LogP contribution in [0.15, 0.2) is 55.1 Å². The molecular weight excluding hydrogens is 396 g/mol. The second kappa shape index (κ2) is 8.45. The lowest BCUT2D eigenvalue weighted by atomic mass is 9.84. The van der Waals surface area contributed by atoms with Crippen molar-refractivity contribution in [3.05, 3.63) is 60.1 Å². The Morgan fingerprint density at radius 2 is 1.83 bits per heavy atom. The summed E-state index contributed by atoms with van der Waals surface area (Å²) in [6, 6.07) is 9.64. The fraction of sp³-hybridized carbons (Fsp3) is 0.304. The number of thiazole rings is 1. The number of rotatable bonds is 5. The number of nitrogens with zero attached hydrogens (tertiary/aromatic N) is 4. The van der Waals surface area contributed by atoms with Crippen molar-refractivity contribution in [1.82, 2.24) is 19.9 Å². The lowest BCUT2D eigenvalue weighted by Crippen LogP contribution is -2.26. The van der Waals surface area contributed by atoms with Crippen molar-refractivity contribution in [3.8, 4) is 22.9 Å². The summed E-state index contributed by atoms with van der Waals surface area (Å²) in [5.74, 6) is 1.78. The van der Waals surface area contributed by atoms with E-state index < -0.39 is 0 Å². The summed E-state index contributed by atoms with van der Waals surface area (Å²) in [5.41, 5.74) is 2.39. The van der Waals surface area contributed by atoms with E-state index in [0.717, 1.165) is 46.7 Å². The lowest BCUT2D eigenvalue weighted by Gasteiger charge is -2.26. The van der Waals surface area contributed by atoms with Gasteiger partial charge in [-0.15, -0.1) is 11.3 Å². The summed E-state index contributed by atoms with van der Waals surface area (Å²) >= 11 is 1.68. The molecule has 1 N–H and O–H groups in total. The summed E-state index contributed by atoms with van der Waals surface area (Å²) in [5, 5.41) is 11.3. The first-order valence-corrected chi connectivity index (χ1v) is 11.0. The van der Waals surface area contributed by atoms with Gasteiger partial charge in [0.25, 0.3) is 0 Å². The number of aliphatic hydroxyl groups excluding tert-OH is 1. The molecule has 0 aliphatic heterocycles. The molecule has 3 aromatic heterocycles. The van der Waals surface area contributed by atoms with Crippen molar-refractivity contribution in [3.63, 3.8) is 0 Å². The van der Waals surface area contributed by atoms with Gasteiger partial charge in [-0.05, 0) is 37.0 Å². The maximum atomic E-state index is 10.3. The molecule has 0 radical (unpaired) electrons. The van der Waals surface area contributed by atoms with E-state index >= 15 is 0 Å². The molecule has 3 heterocycles. The summed E-state index contributed by atoms with van der Waals surface area (Å²) in [6.07, 6.45) is 11.7. The molecule has 0 amide bonds. The number of benzene rings is 1. The van der Waals surface area contributed by atoms with Crippen LogP contribution in [0, 0.1) is 5.92 Å². The van der Waals surface area contributed by atoms with Crippen molar-refractivity contribution in [1.29, 1.82) is 0 Å². The molecule has 1 fully saturated rings. The number of aliphatic hydroxyl groups is 1. The molecule has 7 heteroatoms. The van der Waals surface area contributed by atoms with Crippen LogP contribution < -0.4 is 4.74 Å². The largest absolute Gasteiger partial charge is 0.457 e. The average molecular weight is 419 g/mol. The van der Waals surface area contributed by atoms with Crippen LogP contribution in [0.1, 0.15) is 30.7 Å². The maximum Gasteiger partial charge on any atom is 0.131 e. The maximum absolute atomic E-state index is 10.3. The summed E-state index contributed by atoms with van der Waals surface area (Å²) in [6.45, 7) is 0. The van der Waals surface area contributed by atoms with Gasteiger partial charge in [-0.1, -0.05) is 12.8 Å². The van der Waals surface area contributed by atoms with Gasteiger partial charge in [-0.3, -0.25) is 15.0 Å². The zero-order chi connectivity index (χ0) is 20.3. The van der Waals surface area contributed by atoms with E-state index in [2.05, 4.69) is 15.0 Å². The van der Waals surface area contributed by atoms with Gasteiger partial charge in [-0.2, -0.15) is 0 Å². The lowest BCUT2D eigenvalue weighted by molar-refractivity contribution is 0.0700. The SMILES string of the molecule is O[C@@H]1CCCC[C@H]1Cc1nc2ccc(Oc3ccnc(-c4cnccn4)c3)cc2s1. The minimum atomic E-state index is -0.195. The zero-order valence-corrected chi connectivity index (χ0v) is 17.3. The van der Waals surface area contributed by atoms with Crippen molar-refractivity contribution in [2.24, 2.45) is 5.92 Å². The van der Waals surface area contributed by atoms with Gasteiger partial charge >= 0.3 is 0 Å². The number of ether oxygens (including phenoxy) is 1. The van der Waals surface area contributed by atoms with Gasteiger partial charge in [0.15, 0.2) is 0 Å². The van der Waals surface area contributed by atoms with Crippen LogP contribution in [-0.4, -0.2) is 31.1 Å². The first-order chi connectivity index (χ1) is 14.7. The van der Waals surface area contributed by atoms with E-state index in [1.165, 1.54) is 6.42 Å². The molecule has 1 aromatic carbocycles. The van der Waals surface area contributed by atoms with Crippen LogP contribution in [0.4, 0.5) is 0 Å². The third-order valence-corrected chi connectivity index (χ3v) is 6.54. The minimum absolute atomic E-state index is 0.195. The molecule has 1 saturated carbocycles. The Labute approximate surface area is 178 Å². The van der Waals surface area contributed by atoms with E-state index in [-0.39, 0.29) is 6.10 Å². The number of hydrogen-bond acceptors (Lipinski definition) is 7. The van der Waals surface area contributed by atoms with Gasteiger partial charge < -0.3 is 9.84 Å². The number of pyridine rings is 1. The monoisotopic (exact) mass is 418 g/mol. The summed E-state index contributed by atoms with van der Waals surface area (Å²) < 4.78 is 7.17. The van der Waals surface area contributed by atoms with E-state index in [1.54, 1.807) is 36.1 Å². The topological polar surface area (TPSA) is 81.0 Å². The summed E-state index contributed by atoms with van der Waals surface area (Å²) in [7, 11) is 0. The highest BCUT2D eigenvalue weighted by Crippen LogP contribution is 2.33. The van der Waals surface area contributed by atoms with Gasteiger partial charge in [0, 0.05) is 37.1 Å². The van der Waals surface area contributed by atoms with E-state index in [1.807, 2.05) is 30.3 Å². The molecule has 0 spiro atoms. The molecule has 1 aliphatic rings. The quantitative estimate of drug-likeness (QED) is 0.489. The third-order valence-electron chi connectivity index (χ3n) is 5.50. The molecule has 5 rings (SSSR count). The molecule has 30 heavy (non-hydrogen) atoms. The van der Waals surface area contributed by atoms with Gasteiger partial charge in [-0.25, -0.2) is 4.98 Å². The smallest absolute Gasteiger partial charge is 0.131 e. The van der Waals surface area contributed by atoms with E-state index in [9.17, 15) is 5.11 Å². The fourth-order valence-electron chi connectivity index (χ4n) is 3.94. The fourth-order valence-corrected chi connectivity index (χ4v) is 5.02. The van der Waals surface area contributed by atoms with Crippen molar-refractivity contribution < 1.29 is 9.84 Å². The Kier molecular flexibility index (Phi) is 5.38. The molecule has 0 bridgehead atoms. The zero-order valence-electron chi connectivity index (χ0n) is 16.4. The average Bonchev–Trinajstić information content (AvgIpc) is 3.18. The highest BCUT2D eigenvalue weighted by Gasteiger charge is 2.24. The molecule has 0 unspecified atom stereocenters. The first-order valence-electron chi connectivity index (χ1n) is 10.2. The second-order valence-electron chi connectivity index (χ2n) is 7.62. The highest BCUT2D eigenvalue weighted by molar-refractivity contribution is 7.18. The van der Waals surface area contributed by atoms with Crippen LogP contribution in [0.5, 0.6) is 11.5 Å². The third kappa shape index (κ3) is 4.17.